The maximum atomic E-state index is 6.65. The van der Waals surface area contributed by atoms with Crippen molar-refractivity contribution >= 4 is 65.5 Å². The fraction of sp³-hybridized carbons (Fsp3) is 0. The van der Waals surface area contributed by atoms with Gasteiger partial charge in [-0.15, -0.1) is 11.3 Å². The number of hydrogen-bond acceptors (Lipinski definition) is 1. The predicted molar refractivity (Wildman–Crippen MR) is 137 cm³/mol. The van der Waals surface area contributed by atoms with Gasteiger partial charge in [0.05, 0.1) is 0 Å². The third-order valence-corrected chi connectivity index (χ3v) is 7.94. The molecule has 0 aliphatic heterocycles. The van der Waals surface area contributed by atoms with E-state index in [9.17, 15) is 0 Å². The van der Waals surface area contributed by atoms with E-state index in [1.807, 2.05) is 23.5 Å². The summed E-state index contributed by atoms with van der Waals surface area (Å²) in [7, 11) is 0. The molecule has 0 saturated carbocycles. The van der Waals surface area contributed by atoms with Crippen molar-refractivity contribution in [3.8, 4) is 33.4 Å². The Hall–Kier alpha value is -2.84. The van der Waals surface area contributed by atoms with Gasteiger partial charge >= 0.3 is 0 Å². The smallest absolute Gasteiger partial charge is 0.0440 e. The fourth-order valence-electron chi connectivity index (χ4n) is 5.09. The van der Waals surface area contributed by atoms with Crippen LogP contribution in [0.4, 0.5) is 0 Å². The van der Waals surface area contributed by atoms with Crippen LogP contribution >= 0.6 is 34.5 Å². The van der Waals surface area contributed by atoms with E-state index < -0.39 is 0 Å². The molecule has 0 saturated heterocycles. The summed E-state index contributed by atoms with van der Waals surface area (Å²) in [5, 5.41) is 6.34. The zero-order chi connectivity index (χ0) is 20.7. The van der Waals surface area contributed by atoms with E-state index >= 15 is 0 Å². The van der Waals surface area contributed by atoms with Gasteiger partial charge in [-0.1, -0.05) is 77.8 Å². The lowest BCUT2D eigenvalue weighted by Crippen LogP contribution is -1.86. The topological polar surface area (TPSA) is 0 Å². The van der Waals surface area contributed by atoms with E-state index in [1.54, 1.807) is 0 Å². The third kappa shape index (κ3) is 2.43. The van der Waals surface area contributed by atoms with Crippen molar-refractivity contribution in [2.24, 2.45) is 0 Å². The zero-order valence-electron chi connectivity index (χ0n) is 16.2. The molecule has 3 heteroatoms. The highest BCUT2D eigenvalue weighted by Crippen LogP contribution is 2.53. The number of hydrogen-bond donors (Lipinski definition) is 0. The summed E-state index contributed by atoms with van der Waals surface area (Å²) in [6.07, 6.45) is 0. The molecular formula is C28H14Cl2S. The molecule has 0 nitrogen and oxygen atoms in total. The Balaban J connectivity index is 1.80. The first-order chi connectivity index (χ1) is 15.2. The molecule has 1 heterocycles. The highest BCUT2D eigenvalue weighted by molar-refractivity contribution is 7.26. The van der Waals surface area contributed by atoms with Crippen LogP contribution in [0.3, 0.4) is 0 Å². The van der Waals surface area contributed by atoms with Crippen molar-refractivity contribution in [2.45, 2.75) is 0 Å². The molecule has 0 amide bonds. The molecule has 0 unspecified atom stereocenters. The first-order valence-corrected chi connectivity index (χ1v) is 11.7. The van der Waals surface area contributed by atoms with Gasteiger partial charge in [-0.2, -0.15) is 0 Å². The van der Waals surface area contributed by atoms with E-state index in [-0.39, 0.29) is 0 Å². The lowest BCUT2D eigenvalue weighted by atomic mass is 9.92. The average molecular weight is 453 g/mol. The molecule has 0 atom stereocenters. The molecule has 1 aliphatic carbocycles. The molecule has 0 fully saturated rings. The summed E-state index contributed by atoms with van der Waals surface area (Å²) in [4.78, 5) is 0. The van der Waals surface area contributed by atoms with Crippen molar-refractivity contribution in [2.75, 3.05) is 0 Å². The highest BCUT2D eigenvalue weighted by atomic mass is 35.5. The first kappa shape index (κ1) is 17.8. The van der Waals surface area contributed by atoms with Gasteiger partial charge in [-0.05, 0) is 68.9 Å². The Kier molecular flexibility index (Phi) is 3.64. The Labute approximate surface area is 193 Å². The molecular weight excluding hydrogens is 439 g/mol. The average Bonchev–Trinajstić information content (AvgIpc) is 3.10. The second-order valence-corrected chi connectivity index (χ2v) is 9.94. The van der Waals surface area contributed by atoms with E-state index in [0.717, 1.165) is 21.0 Å². The Morgan fingerprint density at radius 1 is 0.548 bits per heavy atom. The summed E-state index contributed by atoms with van der Waals surface area (Å²) in [6, 6.07) is 30.1. The van der Waals surface area contributed by atoms with Crippen molar-refractivity contribution in [1.29, 1.82) is 0 Å². The van der Waals surface area contributed by atoms with Gasteiger partial charge in [0.2, 0.25) is 0 Å². The maximum absolute atomic E-state index is 6.65. The number of halogens is 2. The van der Waals surface area contributed by atoms with Crippen LogP contribution in [0.15, 0.2) is 84.9 Å². The molecule has 6 aromatic rings. The highest BCUT2D eigenvalue weighted by Gasteiger charge is 2.25. The molecule has 31 heavy (non-hydrogen) atoms. The molecule has 0 bridgehead atoms. The molecule has 0 spiro atoms. The van der Waals surface area contributed by atoms with Gasteiger partial charge in [0, 0.05) is 35.8 Å². The van der Waals surface area contributed by atoms with Gasteiger partial charge in [0.25, 0.3) is 0 Å². The van der Waals surface area contributed by atoms with Crippen LogP contribution < -0.4 is 0 Å². The predicted octanol–water partition coefficient (Wildman–Crippen LogP) is 9.83. The summed E-state index contributed by atoms with van der Waals surface area (Å²) >= 11 is 15.1. The minimum absolute atomic E-state index is 0.725. The van der Waals surface area contributed by atoms with Gasteiger partial charge < -0.3 is 0 Å². The zero-order valence-corrected chi connectivity index (χ0v) is 18.6. The molecule has 1 aliphatic rings. The van der Waals surface area contributed by atoms with Crippen LogP contribution in [-0.4, -0.2) is 0 Å². The van der Waals surface area contributed by atoms with Gasteiger partial charge in [0.15, 0.2) is 0 Å². The molecule has 146 valence electrons. The van der Waals surface area contributed by atoms with Crippen LogP contribution in [0.2, 0.25) is 10.0 Å². The minimum atomic E-state index is 0.725. The Morgan fingerprint density at radius 3 is 2.03 bits per heavy atom. The van der Waals surface area contributed by atoms with Crippen LogP contribution in [0.1, 0.15) is 0 Å². The van der Waals surface area contributed by atoms with E-state index in [2.05, 4.69) is 72.8 Å². The number of thiophene rings is 1. The summed E-state index contributed by atoms with van der Waals surface area (Å²) in [6.45, 7) is 0. The van der Waals surface area contributed by atoms with Crippen molar-refractivity contribution in [3.05, 3.63) is 95.0 Å². The van der Waals surface area contributed by atoms with Gasteiger partial charge in [-0.3, -0.25) is 0 Å². The van der Waals surface area contributed by atoms with Crippen molar-refractivity contribution in [3.63, 3.8) is 0 Å². The van der Waals surface area contributed by atoms with Crippen molar-refractivity contribution in [1.82, 2.24) is 0 Å². The van der Waals surface area contributed by atoms with Gasteiger partial charge in [-0.25, -0.2) is 0 Å². The molecule has 0 radical (unpaired) electrons. The van der Waals surface area contributed by atoms with Crippen LogP contribution in [-0.2, 0) is 0 Å². The first-order valence-electron chi connectivity index (χ1n) is 10.2. The molecule has 5 aromatic carbocycles. The normalized spacial score (nSPS) is 12.2. The Bertz CT molecular complexity index is 1700. The third-order valence-electron chi connectivity index (χ3n) is 6.30. The number of fused-ring (bicyclic) bond motifs is 9. The largest absolute Gasteiger partial charge is 0.135 e. The lowest BCUT2D eigenvalue weighted by Gasteiger charge is -2.13. The van der Waals surface area contributed by atoms with Gasteiger partial charge in [0.1, 0.15) is 0 Å². The fourth-order valence-corrected chi connectivity index (χ4v) is 6.80. The van der Waals surface area contributed by atoms with Crippen LogP contribution in [0, 0.1) is 0 Å². The second-order valence-electron chi connectivity index (χ2n) is 8.01. The lowest BCUT2D eigenvalue weighted by molar-refractivity contribution is 1.64. The second kappa shape index (κ2) is 6.34. The number of rotatable bonds is 0. The Morgan fingerprint density at radius 2 is 1.23 bits per heavy atom. The molecule has 7 rings (SSSR count). The monoisotopic (exact) mass is 452 g/mol. The summed E-state index contributed by atoms with van der Waals surface area (Å²) in [5.41, 5.74) is 7.28. The van der Waals surface area contributed by atoms with E-state index in [0.29, 0.717) is 0 Å². The maximum Gasteiger partial charge on any atom is 0.0440 e. The van der Waals surface area contributed by atoms with E-state index in [4.69, 9.17) is 23.2 Å². The summed E-state index contributed by atoms with van der Waals surface area (Å²) < 4.78 is 2.61. The molecule has 0 N–H and O–H groups in total. The van der Waals surface area contributed by atoms with Crippen molar-refractivity contribution < 1.29 is 0 Å². The van der Waals surface area contributed by atoms with Crippen LogP contribution in [0.25, 0.3) is 64.3 Å². The minimum Gasteiger partial charge on any atom is -0.135 e. The molecule has 1 aromatic heterocycles. The quantitative estimate of drug-likeness (QED) is 0.214. The van der Waals surface area contributed by atoms with E-state index in [1.165, 1.54) is 53.4 Å². The standard InChI is InChI=1S/C28H14Cl2S/c29-16-11-15-12-17(30)14-24-26(15)23(13-16)19-6-2-1-5-18(19)21-9-10-22-20-7-3-4-8-25(20)31-28(22)27(21)24/h1-14H. The van der Waals surface area contributed by atoms with Crippen LogP contribution in [0.5, 0.6) is 0 Å². The summed E-state index contributed by atoms with van der Waals surface area (Å²) in [5.74, 6) is 0. The number of benzene rings is 5. The SMILES string of the molecule is Clc1cc2c3c(cc(Cl)cc3c1)-c1c(ccc3c1sc1ccccc13)-c1ccccc1-2.